The molecule has 0 saturated carbocycles. The van der Waals surface area contributed by atoms with Gasteiger partial charge in [-0.3, -0.25) is 4.79 Å². The highest BCUT2D eigenvalue weighted by atomic mass is 32.2. The van der Waals surface area contributed by atoms with Crippen LogP contribution in [0.5, 0.6) is 5.75 Å². The molecule has 0 atom stereocenters. The molecule has 0 radical (unpaired) electrons. The molecule has 0 spiro atoms. The van der Waals surface area contributed by atoms with Crippen LogP contribution >= 0.6 is 0 Å². The predicted molar refractivity (Wildman–Crippen MR) is 112 cm³/mol. The lowest BCUT2D eigenvalue weighted by molar-refractivity contribution is 0.0927. The second-order valence-electron chi connectivity index (χ2n) is 6.30. The topological polar surface area (TPSA) is 98.0 Å². The third kappa shape index (κ3) is 4.39. The smallest absolute Gasteiger partial charge is 0.339 e. The largest absolute Gasteiger partial charge is 0.459 e. The highest BCUT2D eigenvalue weighted by Crippen LogP contribution is 2.23. The third-order valence-corrected chi connectivity index (χ3v) is 5.44. The van der Waals surface area contributed by atoms with Crippen LogP contribution in [-0.4, -0.2) is 20.5 Å². The Morgan fingerprint density at radius 3 is 2.57 bits per heavy atom. The first-order valence-corrected chi connectivity index (χ1v) is 10.3. The van der Waals surface area contributed by atoms with Crippen molar-refractivity contribution in [1.82, 2.24) is 5.43 Å². The van der Waals surface area contributed by atoms with Crippen molar-refractivity contribution in [3.8, 4) is 5.75 Å². The number of furan rings is 1. The summed E-state index contributed by atoms with van der Waals surface area (Å²) in [4.78, 5) is 11.8. The SMILES string of the molecule is O=C(N/N=C\c1cccc(OS(=O)(=O)c2ccc3ccccc3c2)c1)c1ccco1. The number of nitrogens with one attached hydrogen (secondary N) is 1. The molecule has 4 rings (SSSR count). The maximum Gasteiger partial charge on any atom is 0.339 e. The lowest BCUT2D eigenvalue weighted by Gasteiger charge is -2.08. The van der Waals surface area contributed by atoms with Crippen LogP contribution < -0.4 is 9.61 Å². The van der Waals surface area contributed by atoms with Gasteiger partial charge in [-0.2, -0.15) is 13.5 Å². The van der Waals surface area contributed by atoms with E-state index in [-0.39, 0.29) is 16.4 Å². The monoisotopic (exact) mass is 420 g/mol. The van der Waals surface area contributed by atoms with Crippen LogP contribution in [0.1, 0.15) is 16.1 Å². The molecule has 1 aromatic heterocycles. The number of hydrazone groups is 1. The summed E-state index contributed by atoms with van der Waals surface area (Å²) in [6.07, 6.45) is 2.76. The average Bonchev–Trinajstić information content (AvgIpc) is 3.28. The Bertz CT molecular complexity index is 1330. The van der Waals surface area contributed by atoms with E-state index in [1.54, 1.807) is 30.3 Å². The number of hydrogen-bond donors (Lipinski definition) is 1. The summed E-state index contributed by atoms with van der Waals surface area (Å²) in [7, 11) is -4.01. The van der Waals surface area contributed by atoms with E-state index in [1.165, 1.54) is 36.7 Å². The molecule has 1 amide bonds. The number of rotatable bonds is 6. The molecule has 1 N–H and O–H groups in total. The molecule has 7 nitrogen and oxygen atoms in total. The van der Waals surface area contributed by atoms with E-state index in [0.29, 0.717) is 5.56 Å². The zero-order chi connectivity index (χ0) is 21.0. The number of carbonyl (C=O) groups excluding carboxylic acids is 1. The van der Waals surface area contributed by atoms with Gasteiger partial charge in [-0.05, 0) is 52.7 Å². The quantitative estimate of drug-likeness (QED) is 0.289. The molecule has 0 fully saturated rings. The van der Waals surface area contributed by atoms with Gasteiger partial charge >= 0.3 is 16.0 Å². The zero-order valence-corrected chi connectivity index (χ0v) is 16.4. The molecule has 30 heavy (non-hydrogen) atoms. The second kappa shape index (κ2) is 8.22. The molecule has 0 aliphatic heterocycles. The first kappa shape index (κ1) is 19.4. The predicted octanol–water partition coefficient (Wildman–Crippen LogP) is 3.96. The molecule has 0 aliphatic rings. The Labute approximate surface area is 172 Å². The summed E-state index contributed by atoms with van der Waals surface area (Å²) in [5, 5.41) is 5.58. The molecule has 150 valence electrons. The summed E-state index contributed by atoms with van der Waals surface area (Å²) in [5.41, 5.74) is 2.86. The van der Waals surface area contributed by atoms with E-state index in [4.69, 9.17) is 8.60 Å². The van der Waals surface area contributed by atoms with Gasteiger partial charge in [0.15, 0.2) is 5.76 Å². The molecule has 1 heterocycles. The van der Waals surface area contributed by atoms with E-state index >= 15 is 0 Å². The van der Waals surface area contributed by atoms with Crippen molar-refractivity contribution in [3.63, 3.8) is 0 Å². The third-order valence-electron chi connectivity index (χ3n) is 4.20. The number of nitrogens with zero attached hydrogens (tertiary/aromatic N) is 1. The normalized spacial score (nSPS) is 11.6. The van der Waals surface area contributed by atoms with Crippen LogP contribution in [0.4, 0.5) is 0 Å². The molecular formula is C22H16N2O5S. The Balaban J connectivity index is 1.49. The molecule has 0 aliphatic carbocycles. The molecule has 0 bridgehead atoms. The van der Waals surface area contributed by atoms with Crippen molar-refractivity contribution >= 4 is 33.0 Å². The molecule has 3 aromatic carbocycles. The van der Waals surface area contributed by atoms with Crippen molar-refractivity contribution in [2.24, 2.45) is 5.10 Å². The Hall–Kier alpha value is -3.91. The first-order valence-electron chi connectivity index (χ1n) is 8.91. The van der Waals surface area contributed by atoms with Crippen molar-refractivity contribution < 1.29 is 21.8 Å². The Morgan fingerprint density at radius 2 is 1.77 bits per heavy atom. The summed E-state index contributed by atoms with van der Waals surface area (Å²) >= 11 is 0. The van der Waals surface area contributed by atoms with Gasteiger partial charge in [0.25, 0.3) is 0 Å². The number of carbonyl (C=O) groups is 1. The minimum Gasteiger partial charge on any atom is -0.459 e. The van der Waals surface area contributed by atoms with Crippen molar-refractivity contribution in [2.75, 3.05) is 0 Å². The lowest BCUT2D eigenvalue weighted by Crippen LogP contribution is -2.16. The van der Waals surface area contributed by atoms with Gasteiger partial charge in [-0.15, -0.1) is 0 Å². The van der Waals surface area contributed by atoms with Gasteiger partial charge in [0.1, 0.15) is 10.6 Å². The van der Waals surface area contributed by atoms with Crippen LogP contribution in [0.25, 0.3) is 10.8 Å². The standard InChI is InChI=1S/C22H16N2O5S/c25-22(21-9-4-12-28-21)24-23-15-16-5-3-8-19(13-16)29-30(26,27)20-11-10-17-6-1-2-7-18(17)14-20/h1-15H,(H,24,25)/b23-15-. The van der Waals surface area contributed by atoms with Gasteiger partial charge in [0.2, 0.25) is 0 Å². The highest BCUT2D eigenvalue weighted by molar-refractivity contribution is 7.87. The fourth-order valence-electron chi connectivity index (χ4n) is 2.77. The van der Waals surface area contributed by atoms with Gasteiger partial charge in [-0.1, -0.05) is 42.5 Å². The van der Waals surface area contributed by atoms with E-state index in [9.17, 15) is 13.2 Å². The number of fused-ring (bicyclic) bond motifs is 1. The highest BCUT2D eigenvalue weighted by Gasteiger charge is 2.17. The summed E-state index contributed by atoms with van der Waals surface area (Å²) < 4.78 is 35.6. The Morgan fingerprint density at radius 1 is 0.933 bits per heavy atom. The first-order chi connectivity index (χ1) is 14.5. The van der Waals surface area contributed by atoms with Crippen LogP contribution in [0, 0.1) is 0 Å². The van der Waals surface area contributed by atoms with Crippen LogP contribution in [0.15, 0.2) is 99.5 Å². The summed E-state index contributed by atoms with van der Waals surface area (Å²) in [6, 6.07) is 21.7. The maximum atomic E-state index is 12.7. The van der Waals surface area contributed by atoms with Crippen molar-refractivity contribution in [2.45, 2.75) is 4.90 Å². The fraction of sp³-hybridized carbons (Fsp3) is 0. The average molecular weight is 420 g/mol. The molecule has 8 heteroatoms. The fourth-order valence-corrected chi connectivity index (χ4v) is 3.73. The van der Waals surface area contributed by atoms with E-state index in [0.717, 1.165) is 10.8 Å². The van der Waals surface area contributed by atoms with Crippen molar-refractivity contribution in [1.29, 1.82) is 0 Å². The van der Waals surface area contributed by atoms with Crippen molar-refractivity contribution in [3.05, 3.63) is 96.4 Å². The van der Waals surface area contributed by atoms with E-state index < -0.39 is 16.0 Å². The molecule has 0 saturated heterocycles. The number of amides is 1. The van der Waals surface area contributed by atoms with E-state index in [1.807, 2.05) is 24.3 Å². The summed E-state index contributed by atoms with van der Waals surface area (Å²) in [6.45, 7) is 0. The number of hydrogen-bond acceptors (Lipinski definition) is 6. The second-order valence-corrected chi connectivity index (χ2v) is 7.84. The van der Waals surface area contributed by atoms with Crippen LogP contribution in [0.2, 0.25) is 0 Å². The maximum absolute atomic E-state index is 12.7. The van der Waals surface area contributed by atoms with Gasteiger partial charge in [-0.25, -0.2) is 5.43 Å². The van der Waals surface area contributed by atoms with E-state index in [2.05, 4.69) is 10.5 Å². The molecule has 0 unspecified atom stereocenters. The van der Waals surface area contributed by atoms with Crippen LogP contribution in [0.3, 0.4) is 0 Å². The minimum atomic E-state index is -4.01. The van der Waals surface area contributed by atoms with Crippen LogP contribution in [-0.2, 0) is 10.1 Å². The lowest BCUT2D eigenvalue weighted by atomic mass is 10.1. The minimum absolute atomic E-state index is 0.0611. The zero-order valence-electron chi connectivity index (χ0n) is 15.6. The summed E-state index contributed by atoms with van der Waals surface area (Å²) in [5.74, 6) is -0.238. The van der Waals surface area contributed by atoms with Gasteiger partial charge in [0.05, 0.1) is 12.5 Å². The number of benzene rings is 3. The molecule has 4 aromatic rings. The molecular weight excluding hydrogens is 404 g/mol. The van der Waals surface area contributed by atoms with Gasteiger partial charge in [0, 0.05) is 0 Å². The Kier molecular flexibility index (Phi) is 5.32. The van der Waals surface area contributed by atoms with Gasteiger partial charge < -0.3 is 8.60 Å².